The van der Waals surface area contributed by atoms with Gasteiger partial charge in [-0.25, -0.2) is 0 Å². The zero-order chi connectivity index (χ0) is 29.1. The van der Waals surface area contributed by atoms with Gasteiger partial charge in [-0.3, -0.25) is 19.8 Å². The minimum atomic E-state index is -4.87. The molecular formula is C29H29F3N4O5. The molecular weight excluding hydrogens is 541 g/mol. The predicted octanol–water partition coefficient (Wildman–Crippen LogP) is 5.19. The van der Waals surface area contributed by atoms with Crippen molar-refractivity contribution in [2.75, 3.05) is 44.6 Å². The number of alkyl halides is 3. The Morgan fingerprint density at radius 1 is 1.05 bits per heavy atom. The van der Waals surface area contributed by atoms with E-state index in [1.807, 2.05) is 6.07 Å². The first-order valence-corrected chi connectivity index (χ1v) is 13.2. The van der Waals surface area contributed by atoms with Crippen LogP contribution in [0.5, 0.6) is 11.5 Å². The molecule has 3 aromatic carbocycles. The average Bonchev–Trinajstić information content (AvgIpc) is 3.33. The monoisotopic (exact) mass is 570 g/mol. The Morgan fingerprint density at radius 2 is 1.76 bits per heavy atom. The second-order valence-corrected chi connectivity index (χ2v) is 10.2. The number of rotatable bonds is 8. The summed E-state index contributed by atoms with van der Waals surface area (Å²) in [6.45, 7) is 5.44. The fraction of sp³-hybridized carbons (Fsp3) is 0.345. The molecule has 12 heteroatoms. The molecule has 3 aromatic rings. The van der Waals surface area contributed by atoms with Crippen LogP contribution in [0.4, 0.5) is 30.2 Å². The van der Waals surface area contributed by atoms with Gasteiger partial charge in [-0.2, -0.15) is 13.2 Å². The normalized spacial score (nSPS) is 17.1. The van der Waals surface area contributed by atoms with Crippen LogP contribution in [0.2, 0.25) is 0 Å². The van der Waals surface area contributed by atoms with Gasteiger partial charge in [-0.15, -0.1) is 0 Å². The standard InChI is InChI=1S/C29H29F3N4O5/c1-19-2-9-27-20(14-19)15-24(41-27)17-34-10-12-35(13-11-34)28(37)18-40-23-6-3-21(4-7-23)33-22-5-8-26(36(38)39)25(16-22)29(30,31)32/h2-9,14,16,24,33H,10-13,15,17-18H2,1H3. The highest BCUT2D eigenvalue weighted by Gasteiger charge is 2.38. The van der Waals surface area contributed by atoms with Crippen LogP contribution in [0.1, 0.15) is 16.7 Å². The van der Waals surface area contributed by atoms with Crippen molar-refractivity contribution in [1.29, 1.82) is 0 Å². The van der Waals surface area contributed by atoms with E-state index in [1.165, 1.54) is 17.2 Å². The zero-order valence-corrected chi connectivity index (χ0v) is 22.3. The Kier molecular flexibility index (Phi) is 8.02. The van der Waals surface area contributed by atoms with E-state index >= 15 is 0 Å². The minimum absolute atomic E-state index is 0.0463. The molecule has 1 unspecified atom stereocenters. The lowest BCUT2D eigenvalue weighted by Crippen LogP contribution is -2.51. The topological polar surface area (TPSA) is 97.2 Å². The van der Waals surface area contributed by atoms with E-state index in [4.69, 9.17) is 9.47 Å². The molecule has 1 saturated heterocycles. The molecule has 2 aliphatic rings. The minimum Gasteiger partial charge on any atom is -0.488 e. The number of nitrogens with one attached hydrogen (secondary N) is 1. The second kappa shape index (κ2) is 11.7. The van der Waals surface area contributed by atoms with Crippen LogP contribution in [-0.2, 0) is 17.4 Å². The largest absolute Gasteiger partial charge is 0.488 e. The fourth-order valence-electron chi connectivity index (χ4n) is 5.06. The number of nitro groups is 1. The number of hydrogen-bond donors (Lipinski definition) is 1. The molecule has 2 aliphatic heterocycles. The summed E-state index contributed by atoms with van der Waals surface area (Å²) in [5.74, 6) is 1.25. The summed E-state index contributed by atoms with van der Waals surface area (Å²) >= 11 is 0. The Labute approximate surface area is 234 Å². The van der Waals surface area contributed by atoms with Gasteiger partial charge in [-0.1, -0.05) is 17.7 Å². The van der Waals surface area contributed by atoms with Gasteiger partial charge in [-0.05, 0) is 55.0 Å². The van der Waals surface area contributed by atoms with Crippen molar-refractivity contribution < 1.29 is 32.4 Å². The number of ether oxygens (including phenoxy) is 2. The number of nitro benzene ring substituents is 1. The van der Waals surface area contributed by atoms with Crippen LogP contribution in [0.25, 0.3) is 0 Å². The molecule has 1 fully saturated rings. The SMILES string of the molecule is Cc1ccc2c(c1)CC(CN1CCN(C(=O)COc3ccc(Nc4ccc([N+](=O)[O-])c(C(F)(F)F)c4)cc3)CC1)O2. The molecule has 0 spiro atoms. The lowest BCUT2D eigenvalue weighted by Gasteiger charge is -2.35. The number of halogens is 3. The van der Waals surface area contributed by atoms with Crippen molar-refractivity contribution in [3.8, 4) is 11.5 Å². The number of piperazine rings is 1. The van der Waals surface area contributed by atoms with E-state index in [0.717, 1.165) is 37.9 Å². The molecule has 0 saturated carbocycles. The first-order valence-electron chi connectivity index (χ1n) is 13.2. The van der Waals surface area contributed by atoms with E-state index < -0.39 is 22.4 Å². The van der Waals surface area contributed by atoms with E-state index in [2.05, 4.69) is 29.3 Å². The zero-order valence-electron chi connectivity index (χ0n) is 22.3. The fourth-order valence-corrected chi connectivity index (χ4v) is 5.06. The van der Waals surface area contributed by atoms with Crippen molar-refractivity contribution in [2.24, 2.45) is 0 Å². The summed E-state index contributed by atoms with van der Waals surface area (Å²) in [5.41, 5.74) is 0.615. The van der Waals surface area contributed by atoms with Gasteiger partial charge in [0.2, 0.25) is 0 Å². The maximum atomic E-state index is 13.2. The Hall–Kier alpha value is -4.32. The number of anilines is 2. The molecule has 0 aliphatic carbocycles. The van der Waals surface area contributed by atoms with Crippen LogP contribution in [-0.4, -0.2) is 66.1 Å². The highest BCUT2D eigenvalue weighted by atomic mass is 19.4. The Balaban J connectivity index is 1.07. The summed E-state index contributed by atoms with van der Waals surface area (Å²) in [4.78, 5) is 26.7. The van der Waals surface area contributed by atoms with Crippen LogP contribution in [0.15, 0.2) is 60.7 Å². The third kappa shape index (κ3) is 6.88. The van der Waals surface area contributed by atoms with E-state index in [0.29, 0.717) is 30.6 Å². The van der Waals surface area contributed by atoms with E-state index in [1.54, 1.807) is 29.2 Å². The van der Waals surface area contributed by atoms with Gasteiger partial charge in [0.25, 0.3) is 11.6 Å². The maximum absolute atomic E-state index is 13.2. The van der Waals surface area contributed by atoms with Crippen molar-refractivity contribution in [3.63, 3.8) is 0 Å². The quantitative estimate of drug-likeness (QED) is 0.294. The number of fused-ring (bicyclic) bond motifs is 1. The number of nitrogens with zero attached hydrogens (tertiary/aromatic N) is 3. The third-order valence-electron chi connectivity index (χ3n) is 7.15. The lowest BCUT2D eigenvalue weighted by molar-refractivity contribution is -0.388. The molecule has 0 radical (unpaired) electrons. The van der Waals surface area contributed by atoms with Crippen LogP contribution in [0.3, 0.4) is 0 Å². The van der Waals surface area contributed by atoms with Gasteiger partial charge in [0.05, 0.1) is 4.92 Å². The van der Waals surface area contributed by atoms with Gasteiger partial charge < -0.3 is 19.7 Å². The maximum Gasteiger partial charge on any atom is 0.423 e. The van der Waals surface area contributed by atoms with E-state index in [-0.39, 0.29) is 24.3 Å². The molecule has 0 bridgehead atoms. The molecule has 216 valence electrons. The van der Waals surface area contributed by atoms with E-state index in [9.17, 15) is 28.1 Å². The van der Waals surface area contributed by atoms with Crippen LogP contribution in [0, 0.1) is 17.0 Å². The molecule has 9 nitrogen and oxygen atoms in total. The molecule has 1 amide bonds. The molecule has 1 N–H and O–H groups in total. The first-order chi connectivity index (χ1) is 19.5. The van der Waals surface area contributed by atoms with Crippen molar-refractivity contribution in [3.05, 3.63) is 87.5 Å². The van der Waals surface area contributed by atoms with Crippen molar-refractivity contribution in [2.45, 2.75) is 25.6 Å². The first kappa shape index (κ1) is 28.2. The number of carbonyl (C=O) groups is 1. The number of benzene rings is 3. The number of amides is 1. The smallest absolute Gasteiger partial charge is 0.423 e. The predicted molar refractivity (Wildman–Crippen MR) is 146 cm³/mol. The van der Waals surface area contributed by atoms with Crippen molar-refractivity contribution >= 4 is 23.0 Å². The van der Waals surface area contributed by atoms with Gasteiger partial charge in [0, 0.05) is 56.6 Å². The van der Waals surface area contributed by atoms with Crippen LogP contribution < -0.4 is 14.8 Å². The third-order valence-corrected chi connectivity index (χ3v) is 7.15. The average molecular weight is 571 g/mol. The highest BCUT2D eigenvalue weighted by Crippen LogP contribution is 2.38. The van der Waals surface area contributed by atoms with Gasteiger partial charge in [0.15, 0.2) is 6.61 Å². The second-order valence-electron chi connectivity index (χ2n) is 10.2. The summed E-state index contributed by atoms with van der Waals surface area (Å²) in [6.07, 6.45) is -3.87. The molecule has 2 heterocycles. The Morgan fingerprint density at radius 3 is 2.44 bits per heavy atom. The molecule has 5 rings (SSSR count). The molecule has 1 atom stereocenters. The molecule has 41 heavy (non-hydrogen) atoms. The number of carbonyl (C=O) groups excluding carboxylic acids is 1. The number of hydrogen-bond acceptors (Lipinski definition) is 7. The molecule has 0 aromatic heterocycles. The summed E-state index contributed by atoms with van der Waals surface area (Å²) < 4.78 is 51.4. The lowest BCUT2D eigenvalue weighted by atomic mass is 10.1. The van der Waals surface area contributed by atoms with Gasteiger partial charge >= 0.3 is 6.18 Å². The summed E-state index contributed by atoms with van der Waals surface area (Å²) in [6, 6.07) is 15.3. The summed E-state index contributed by atoms with van der Waals surface area (Å²) in [7, 11) is 0. The number of aryl methyl sites for hydroxylation is 1. The highest BCUT2D eigenvalue weighted by molar-refractivity contribution is 5.78. The van der Waals surface area contributed by atoms with Gasteiger partial charge in [0.1, 0.15) is 23.2 Å². The van der Waals surface area contributed by atoms with Crippen LogP contribution >= 0.6 is 0 Å². The summed E-state index contributed by atoms with van der Waals surface area (Å²) in [5, 5.41) is 13.7. The Bertz CT molecular complexity index is 1420. The van der Waals surface area contributed by atoms with Crippen molar-refractivity contribution in [1.82, 2.24) is 9.80 Å².